The Hall–Kier alpha value is -1.20. The van der Waals surface area contributed by atoms with E-state index in [1.807, 2.05) is 0 Å². The minimum atomic E-state index is -0.493. The van der Waals surface area contributed by atoms with Gasteiger partial charge >= 0.3 is 0 Å². The largest absolute Gasteiger partial charge is 0.393 e. The number of aliphatic hydroxyl groups is 1. The second kappa shape index (κ2) is 7.91. The van der Waals surface area contributed by atoms with Crippen LogP contribution in [0.5, 0.6) is 0 Å². The number of nitrogens with one attached hydrogen (secondary N) is 1. The van der Waals surface area contributed by atoms with Crippen LogP contribution in [0.3, 0.4) is 0 Å². The van der Waals surface area contributed by atoms with Crippen molar-refractivity contribution >= 4 is 11.7 Å². The van der Waals surface area contributed by atoms with Crippen LogP contribution < -0.4 is 5.48 Å². The highest BCUT2D eigenvalue weighted by molar-refractivity contribution is 5.95. The molecule has 5 aliphatic carbocycles. The van der Waals surface area contributed by atoms with Crippen LogP contribution in [0.2, 0.25) is 0 Å². The second-order valence-electron chi connectivity index (χ2n) is 15.3. The number of ketones is 1. The van der Waals surface area contributed by atoms with E-state index >= 15 is 0 Å². The van der Waals surface area contributed by atoms with Crippen LogP contribution in [-0.2, 0) is 14.4 Å². The quantitative estimate of drug-likeness (QED) is 0.457. The van der Waals surface area contributed by atoms with E-state index in [2.05, 4.69) is 60.0 Å². The minimum Gasteiger partial charge on any atom is -0.393 e. The molecule has 202 valence electrons. The molecule has 5 heteroatoms. The van der Waals surface area contributed by atoms with Gasteiger partial charge < -0.3 is 5.11 Å². The zero-order valence-electron chi connectivity index (χ0n) is 23.9. The third-order valence-corrected chi connectivity index (χ3v) is 13.3. The van der Waals surface area contributed by atoms with Crippen LogP contribution in [0.4, 0.5) is 0 Å². The molecule has 0 aromatic heterocycles. The molecule has 5 aliphatic rings. The Balaban J connectivity index is 1.59. The third-order valence-electron chi connectivity index (χ3n) is 13.3. The summed E-state index contributed by atoms with van der Waals surface area (Å²) in [6.45, 7) is 16.2. The average Bonchev–Trinajstić information content (AvgIpc) is 2.79. The van der Waals surface area contributed by atoms with Gasteiger partial charge in [-0.3, -0.25) is 14.4 Å². The summed E-state index contributed by atoms with van der Waals surface area (Å²) in [5.74, 6) is 0.832. The van der Waals surface area contributed by atoms with Gasteiger partial charge in [0.25, 0.3) is 0 Å². The van der Waals surface area contributed by atoms with Gasteiger partial charge in [-0.1, -0.05) is 54.0 Å². The molecule has 5 nitrogen and oxygen atoms in total. The molecular weight excluding hydrogens is 450 g/mol. The maximum Gasteiger partial charge on any atom is 0.249 e. The van der Waals surface area contributed by atoms with Gasteiger partial charge in [-0.25, -0.2) is 5.48 Å². The van der Waals surface area contributed by atoms with Crippen molar-refractivity contribution in [3.05, 3.63) is 11.6 Å². The van der Waals surface area contributed by atoms with Crippen molar-refractivity contribution in [2.45, 2.75) is 112 Å². The van der Waals surface area contributed by atoms with Crippen molar-refractivity contribution in [2.24, 2.45) is 50.2 Å². The van der Waals surface area contributed by atoms with Crippen molar-refractivity contribution in [1.29, 1.82) is 0 Å². The van der Waals surface area contributed by atoms with Gasteiger partial charge in [0.05, 0.1) is 13.2 Å². The highest BCUT2D eigenvalue weighted by Crippen LogP contribution is 2.75. The van der Waals surface area contributed by atoms with E-state index in [4.69, 9.17) is 4.84 Å². The smallest absolute Gasteiger partial charge is 0.249 e. The summed E-state index contributed by atoms with van der Waals surface area (Å²) >= 11 is 0. The summed E-state index contributed by atoms with van der Waals surface area (Å²) in [6, 6.07) is 0. The summed E-state index contributed by atoms with van der Waals surface area (Å²) < 4.78 is 0. The van der Waals surface area contributed by atoms with Gasteiger partial charge in [0.15, 0.2) is 5.78 Å². The molecule has 0 heterocycles. The van der Waals surface area contributed by atoms with Crippen LogP contribution in [0, 0.1) is 50.2 Å². The van der Waals surface area contributed by atoms with Gasteiger partial charge in [-0.05, 0) is 103 Å². The lowest BCUT2D eigenvalue weighted by molar-refractivity contribution is -0.202. The molecule has 36 heavy (non-hydrogen) atoms. The van der Waals surface area contributed by atoms with Gasteiger partial charge in [0.1, 0.15) is 0 Å². The molecule has 0 aromatic rings. The lowest BCUT2D eigenvalue weighted by Gasteiger charge is -2.70. The van der Waals surface area contributed by atoms with Gasteiger partial charge in [-0.2, -0.15) is 0 Å². The Morgan fingerprint density at radius 2 is 1.64 bits per heavy atom. The molecule has 0 bridgehead atoms. The molecule has 2 N–H and O–H groups in total. The number of carbonyl (C=O) groups excluding carboxylic acids is 2. The fourth-order valence-corrected chi connectivity index (χ4v) is 10.6. The van der Waals surface area contributed by atoms with Crippen LogP contribution >= 0.6 is 0 Å². The number of carbonyl (C=O) groups is 2. The van der Waals surface area contributed by atoms with Crippen LogP contribution in [0.15, 0.2) is 11.6 Å². The van der Waals surface area contributed by atoms with Crippen molar-refractivity contribution in [3.8, 4) is 0 Å². The molecule has 0 aliphatic heterocycles. The molecule has 0 saturated heterocycles. The summed E-state index contributed by atoms with van der Waals surface area (Å²) in [6.07, 6.45) is 10.4. The zero-order valence-corrected chi connectivity index (χ0v) is 23.9. The molecular formula is C31H49NO4. The SMILES string of the molecule is CONC(=O)[C@@]1(C)CC[C@]2(C)CC[C@]3(C)C(=CC(=O)C4[C@@]5(C)CC[C@H](O)C(C)(C)C5CC[C@]43C)C2C1. The van der Waals surface area contributed by atoms with E-state index in [1.54, 1.807) is 0 Å². The number of aliphatic hydroxyl groups excluding tert-OH is 1. The lowest BCUT2D eigenvalue weighted by atomic mass is 9.33. The van der Waals surface area contributed by atoms with E-state index in [0.29, 0.717) is 11.7 Å². The Bertz CT molecular complexity index is 1000. The normalized spacial score (nSPS) is 51.7. The summed E-state index contributed by atoms with van der Waals surface area (Å²) in [7, 11) is 1.50. The standard InChI is InChI=1S/C31H49NO4/c1-26(2)22-9-12-31(7)24(29(22,5)11-10-23(26)34)21(33)17-19-20-18-28(4,25(35)32-36-8)14-13-27(20,3)15-16-30(19,31)6/h17,20,22-24,34H,9-16,18H2,1-8H3,(H,32,35)/t20?,22?,23-,24?,27+,28-,29-,30+,31+/m0/s1. The number of allylic oxidation sites excluding steroid dienone is 2. The fourth-order valence-electron chi connectivity index (χ4n) is 10.6. The maximum absolute atomic E-state index is 14.3. The van der Waals surface area contributed by atoms with Crippen molar-refractivity contribution in [3.63, 3.8) is 0 Å². The predicted octanol–water partition coefficient (Wildman–Crippen LogP) is 6.01. The first-order chi connectivity index (χ1) is 16.6. The van der Waals surface area contributed by atoms with E-state index in [1.165, 1.54) is 12.7 Å². The Kier molecular flexibility index (Phi) is 5.80. The molecule has 5 rings (SSSR count). The summed E-state index contributed by atoms with van der Waals surface area (Å²) in [5.41, 5.74) is 3.13. The average molecular weight is 500 g/mol. The van der Waals surface area contributed by atoms with Crippen molar-refractivity contribution in [1.82, 2.24) is 5.48 Å². The molecule has 0 radical (unpaired) electrons. The lowest BCUT2D eigenvalue weighted by Crippen LogP contribution is -2.66. The van der Waals surface area contributed by atoms with E-state index in [9.17, 15) is 14.7 Å². The molecule has 9 atom stereocenters. The fraction of sp³-hybridized carbons (Fsp3) is 0.871. The predicted molar refractivity (Wildman–Crippen MR) is 141 cm³/mol. The molecule has 0 aromatic carbocycles. The monoisotopic (exact) mass is 499 g/mol. The van der Waals surface area contributed by atoms with Crippen LogP contribution in [0.1, 0.15) is 106 Å². The Morgan fingerprint density at radius 1 is 0.972 bits per heavy atom. The topological polar surface area (TPSA) is 75.6 Å². The maximum atomic E-state index is 14.3. The minimum absolute atomic E-state index is 0.0135. The zero-order chi connectivity index (χ0) is 26.5. The van der Waals surface area contributed by atoms with Gasteiger partial charge in [0.2, 0.25) is 5.91 Å². The number of hydroxylamine groups is 1. The Labute approximate surface area is 218 Å². The molecule has 4 fully saturated rings. The van der Waals surface area contributed by atoms with Crippen LogP contribution in [-0.4, -0.2) is 30.0 Å². The molecule has 1 amide bonds. The van der Waals surface area contributed by atoms with Crippen molar-refractivity contribution in [2.75, 3.05) is 7.11 Å². The van der Waals surface area contributed by atoms with Crippen LogP contribution in [0.25, 0.3) is 0 Å². The molecule has 0 spiro atoms. The first-order valence-electron chi connectivity index (χ1n) is 14.4. The summed E-state index contributed by atoms with van der Waals surface area (Å²) in [4.78, 5) is 32.4. The Morgan fingerprint density at radius 3 is 2.31 bits per heavy atom. The van der Waals surface area contributed by atoms with Crippen molar-refractivity contribution < 1.29 is 19.5 Å². The number of amides is 1. The molecule has 3 unspecified atom stereocenters. The van der Waals surface area contributed by atoms with Gasteiger partial charge in [-0.15, -0.1) is 0 Å². The van der Waals surface area contributed by atoms with Gasteiger partial charge in [0, 0.05) is 11.3 Å². The number of fused-ring (bicyclic) bond motifs is 7. The van der Waals surface area contributed by atoms with E-state index in [-0.39, 0.29) is 50.9 Å². The van der Waals surface area contributed by atoms with E-state index in [0.717, 1.165) is 57.8 Å². The highest BCUT2D eigenvalue weighted by Gasteiger charge is 2.70. The third kappa shape index (κ3) is 3.20. The number of rotatable bonds is 2. The number of hydrogen-bond donors (Lipinski definition) is 2. The first-order valence-corrected chi connectivity index (χ1v) is 14.4. The van der Waals surface area contributed by atoms with E-state index < -0.39 is 5.41 Å². The highest BCUT2D eigenvalue weighted by atomic mass is 16.6. The number of hydrogen-bond acceptors (Lipinski definition) is 4. The molecule has 4 saturated carbocycles. The summed E-state index contributed by atoms with van der Waals surface area (Å²) in [5, 5.41) is 10.9. The second-order valence-corrected chi connectivity index (χ2v) is 15.3. The first kappa shape index (κ1) is 26.4.